The van der Waals surface area contributed by atoms with E-state index in [1.165, 1.54) is 12.1 Å². The fraction of sp³-hybridized carbons (Fsp3) is 0.333. The minimum absolute atomic E-state index is 0.0200. The van der Waals surface area contributed by atoms with E-state index in [-0.39, 0.29) is 17.3 Å². The first-order chi connectivity index (χ1) is 8.91. The maximum Gasteiger partial charge on any atom is 0.414 e. The summed E-state index contributed by atoms with van der Waals surface area (Å²) in [5.41, 5.74) is 0.258. The Morgan fingerprint density at radius 2 is 2.05 bits per heavy atom. The number of aryl methyl sites for hydroxylation is 1. The molecule has 1 N–H and O–H groups in total. The summed E-state index contributed by atoms with van der Waals surface area (Å²) in [6, 6.07) is 3.67. The molecule has 0 bridgehead atoms. The lowest BCUT2D eigenvalue weighted by Crippen LogP contribution is -2.37. The molecule has 7 nitrogen and oxygen atoms in total. The monoisotopic (exact) mass is 264 g/mol. The molecule has 2 amide bonds. The molecule has 2 rings (SSSR count). The lowest BCUT2D eigenvalue weighted by molar-refractivity contribution is -0.385. The summed E-state index contributed by atoms with van der Waals surface area (Å²) >= 11 is 0. The molecule has 1 aliphatic rings. The molecule has 0 atom stereocenters. The fourth-order valence-electron chi connectivity index (χ4n) is 1.82. The molecule has 1 aromatic rings. The number of imide groups is 1. The molecule has 0 heterocycles. The minimum Gasteiger partial charge on any atom is -0.465 e. The van der Waals surface area contributed by atoms with Gasteiger partial charge in [0.2, 0.25) is 0 Å². The molecule has 19 heavy (non-hydrogen) atoms. The molecule has 1 fully saturated rings. The van der Waals surface area contributed by atoms with Gasteiger partial charge in [0, 0.05) is 23.2 Å². The predicted octanol–water partition coefficient (Wildman–Crippen LogP) is 2.19. The number of carbonyl (C=O) groups excluding carboxylic acids is 1. The third kappa shape index (κ3) is 2.54. The van der Waals surface area contributed by atoms with Crippen LogP contribution >= 0.6 is 0 Å². The van der Waals surface area contributed by atoms with Crippen LogP contribution in [0.2, 0.25) is 0 Å². The van der Waals surface area contributed by atoms with Crippen LogP contribution < -0.4 is 0 Å². The fourth-order valence-corrected chi connectivity index (χ4v) is 1.82. The van der Waals surface area contributed by atoms with Crippen molar-refractivity contribution in [3.8, 4) is 0 Å². The third-order valence-corrected chi connectivity index (χ3v) is 2.99. The molecule has 100 valence electrons. The Balaban J connectivity index is 2.35. The zero-order valence-corrected chi connectivity index (χ0v) is 10.2. The van der Waals surface area contributed by atoms with Gasteiger partial charge < -0.3 is 5.11 Å². The van der Waals surface area contributed by atoms with Gasteiger partial charge in [-0.1, -0.05) is 6.07 Å². The topological polar surface area (TPSA) is 101 Å². The molecule has 0 spiro atoms. The molecule has 1 aromatic carbocycles. The quantitative estimate of drug-likeness (QED) is 0.666. The summed E-state index contributed by atoms with van der Waals surface area (Å²) in [4.78, 5) is 34.1. The van der Waals surface area contributed by atoms with Gasteiger partial charge in [0.05, 0.1) is 4.92 Å². The average molecular weight is 264 g/mol. The van der Waals surface area contributed by atoms with Crippen molar-refractivity contribution < 1.29 is 19.6 Å². The second kappa shape index (κ2) is 4.68. The molecule has 1 saturated carbocycles. The van der Waals surface area contributed by atoms with Crippen molar-refractivity contribution in [2.75, 3.05) is 0 Å². The number of nitro benzene ring substituents is 1. The summed E-state index contributed by atoms with van der Waals surface area (Å²) in [6.07, 6.45) is -0.0337. The molecule has 0 aromatic heterocycles. The Morgan fingerprint density at radius 1 is 1.42 bits per heavy atom. The van der Waals surface area contributed by atoms with Crippen LogP contribution in [0.4, 0.5) is 10.5 Å². The maximum atomic E-state index is 12.1. The number of carbonyl (C=O) groups is 2. The van der Waals surface area contributed by atoms with Gasteiger partial charge in [0.1, 0.15) is 0 Å². The number of rotatable bonds is 3. The van der Waals surface area contributed by atoms with E-state index < -0.39 is 16.9 Å². The maximum absolute atomic E-state index is 12.1. The van der Waals surface area contributed by atoms with Gasteiger partial charge in [-0.25, -0.2) is 9.69 Å². The standard InChI is InChI=1S/C12H12N2O5/c1-7-2-3-8(6-10(7)14(18)19)11(15)13(12(16)17)9-4-5-9/h2-3,6,9H,4-5H2,1H3,(H,16,17). The summed E-state index contributed by atoms with van der Waals surface area (Å²) < 4.78 is 0. The number of nitro groups is 1. The largest absolute Gasteiger partial charge is 0.465 e. The molecule has 0 aliphatic heterocycles. The van der Waals surface area contributed by atoms with E-state index in [1.807, 2.05) is 0 Å². The third-order valence-electron chi connectivity index (χ3n) is 2.99. The first-order valence-electron chi connectivity index (χ1n) is 5.73. The Hall–Kier alpha value is -2.44. The molecule has 7 heteroatoms. The lowest BCUT2D eigenvalue weighted by atomic mass is 10.1. The van der Waals surface area contributed by atoms with E-state index in [0.29, 0.717) is 18.4 Å². The van der Waals surface area contributed by atoms with Crippen LogP contribution in [0.5, 0.6) is 0 Å². The van der Waals surface area contributed by atoms with E-state index >= 15 is 0 Å². The summed E-state index contributed by atoms with van der Waals surface area (Å²) in [5.74, 6) is -0.710. The number of benzene rings is 1. The van der Waals surface area contributed by atoms with E-state index in [9.17, 15) is 19.7 Å². The zero-order valence-electron chi connectivity index (χ0n) is 10.2. The van der Waals surface area contributed by atoms with Gasteiger partial charge in [-0.2, -0.15) is 0 Å². The van der Waals surface area contributed by atoms with Crippen LogP contribution in [0.25, 0.3) is 0 Å². The van der Waals surface area contributed by atoms with Gasteiger partial charge >= 0.3 is 6.09 Å². The highest BCUT2D eigenvalue weighted by molar-refractivity contribution is 6.03. The van der Waals surface area contributed by atoms with Crippen molar-refractivity contribution in [3.05, 3.63) is 39.4 Å². The van der Waals surface area contributed by atoms with Crippen LogP contribution in [0, 0.1) is 17.0 Å². The number of nitrogens with zero attached hydrogens (tertiary/aromatic N) is 2. The van der Waals surface area contributed by atoms with E-state index in [0.717, 1.165) is 11.0 Å². The zero-order chi connectivity index (χ0) is 14.2. The number of hydrogen-bond acceptors (Lipinski definition) is 4. The van der Waals surface area contributed by atoms with E-state index in [2.05, 4.69) is 0 Å². The van der Waals surface area contributed by atoms with Crippen LogP contribution in [0.15, 0.2) is 18.2 Å². The first kappa shape index (κ1) is 13.0. The Labute approximate surface area is 108 Å². The lowest BCUT2D eigenvalue weighted by Gasteiger charge is -2.16. The van der Waals surface area contributed by atoms with Crippen molar-refractivity contribution in [1.29, 1.82) is 0 Å². The van der Waals surface area contributed by atoms with Crippen molar-refractivity contribution in [2.45, 2.75) is 25.8 Å². The van der Waals surface area contributed by atoms with Gasteiger partial charge in [-0.3, -0.25) is 14.9 Å². The highest BCUT2D eigenvalue weighted by atomic mass is 16.6. The predicted molar refractivity (Wildman–Crippen MR) is 65.0 cm³/mol. The number of carboxylic acid groups (broad SMARTS) is 1. The van der Waals surface area contributed by atoms with Crippen LogP contribution in [-0.2, 0) is 0 Å². The second-order valence-electron chi connectivity index (χ2n) is 4.45. The highest BCUT2D eigenvalue weighted by Crippen LogP contribution is 2.29. The van der Waals surface area contributed by atoms with Gasteiger partial charge in [0.25, 0.3) is 11.6 Å². The van der Waals surface area contributed by atoms with E-state index in [4.69, 9.17) is 5.11 Å². The summed E-state index contributed by atoms with van der Waals surface area (Å²) in [5, 5.41) is 19.8. The van der Waals surface area contributed by atoms with Gasteiger partial charge in [-0.15, -0.1) is 0 Å². The Bertz CT molecular complexity index is 565. The molecule has 0 unspecified atom stereocenters. The second-order valence-corrected chi connectivity index (χ2v) is 4.45. The highest BCUT2D eigenvalue weighted by Gasteiger charge is 2.38. The van der Waals surface area contributed by atoms with Crippen molar-refractivity contribution in [3.63, 3.8) is 0 Å². The Kier molecular flexibility index (Phi) is 3.20. The molecular formula is C12H12N2O5. The van der Waals surface area contributed by atoms with Crippen LogP contribution in [-0.4, -0.2) is 33.0 Å². The molecular weight excluding hydrogens is 252 g/mol. The number of amides is 2. The molecule has 1 aliphatic carbocycles. The van der Waals surface area contributed by atoms with Gasteiger partial charge in [0.15, 0.2) is 0 Å². The normalized spacial score (nSPS) is 13.9. The first-order valence-corrected chi connectivity index (χ1v) is 5.73. The minimum atomic E-state index is -1.32. The summed E-state index contributed by atoms with van der Waals surface area (Å²) in [7, 11) is 0. The van der Waals surface area contributed by atoms with Crippen molar-refractivity contribution in [2.24, 2.45) is 0 Å². The van der Waals surface area contributed by atoms with E-state index in [1.54, 1.807) is 6.92 Å². The molecule has 0 saturated heterocycles. The van der Waals surface area contributed by atoms with Crippen molar-refractivity contribution >= 4 is 17.7 Å². The SMILES string of the molecule is Cc1ccc(C(=O)N(C(=O)O)C2CC2)cc1[N+](=O)[O-]. The Morgan fingerprint density at radius 3 is 2.53 bits per heavy atom. The van der Waals surface area contributed by atoms with Crippen LogP contribution in [0.1, 0.15) is 28.8 Å². The van der Waals surface area contributed by atoms with Crippen LogP contribution in [0.3, 0.4) is 0 Å². The molecule has 0 radical (unpaired) electrons. The number of hydrogen-bond donors (Lipinski definition) is 1. The summed E-state index contributed by atoms with van der Waals surface area (Å²) in [6.45, 7) is 1.56. The smallest absolute Gasteiger partial charge is 0.414 e. The average Bonchev–Trinajstić information content (AvgIpc) is 3.13. The van der Waals surface area contributed by atoms with Gasteiger partial charge in [-0.05, 0) is 25.8 Å². The van der Waals surface area contributed by atoms with Crippen molar-refractivity contribution in [1.82, 2.24) is 4.90 Å².